The number of halogens is 3. The van der Waals surface area contributed by atoms with Gasteiger partial charge in [0, 0.05) is 6.42 Å². The Morgan fingerprint density at radius 3 is 2.38 bits per heavy atom. The van der Waals surface area contributed by atoms with Crippen molar-refractivity contribution in [1.29, 1.82) is 0 Å². The van der Waals surface area contributed by atoms with E-state index < -0.39 is 17.3 Å². The first-order valence-electron chi connectivity index (χ1n) is 4.61. The van der Waals surface area contributed by atoms with Gasteiger partial charge in [-0.1, -0.05) is 12.1 Å². The monoisotopic (exact) mass is 228 g/mol. The van der Waals surface area contributed by atoms with E-state index in [1.165, 1.54) is 19.1 Å². The molecule has 0 saturated heterocycles. The molecule has 1 N–H and O–H groups in total. The lowest BCUT2D eigenvalue weighted by Crippen LogP contribution is -2.21. The second-order valence-corrected chi connectivity index (χ2v) is 3.73. The quantitative estimate of drug-likeness (QED) is 0.771. The van der Waals surface area contributed by atoms with Gasteiger partial charge in [-0.15, -0.1) is 12.3 Å². The van der Waals surface area contributed by atoms with E-state index in [-0.39, 0.29) is 12.0 Å². The molecule has 0 aliphatic rings. The number of hydrogen-bond donors (Lipinski definition) is 1. The average molecular weight is 228 g/mol. The molecule has 0 saturated carbocycles. The molecular formula is C12H11F3O. The number of rotatable bonds is 2. The maximum atomic E-state index is 12.4. The van der Waals surface area contributed by atoms with E-state index in [0.717, 1.165) is 12.1 Å². The zero-order chi connectivity index (χ0) is 12.4. The Balaban J connectivity index is 3.14. The number of aliphatic hydroxyl groups is 1. The second-order valence-electron chi connectivity index (χ2n) is 3.73. The summed E-state index contributed by atoms with van der Waals surface area (Å²) in [7, 11) is 0. The van der Waals surface area contributed by atoms with Crippen LogP contribution in [0.2, 0.25) is 0 Å². The molecule has 0 spiro atoms. The van der Waals surface area contributed by atoms with Crippen molar-refractivity contribution in [2.45, 2.75) is 25.1 Å². The van der Waals surface area contributed by atoms with Gasteiger partial charge in [-0.2, -0.15) is 13.2 Å². The molecule has 1 rings (SSSR count). The summed E-state index contributed by atoms with van der Waals surface area (Å²) in [5.41, 5.74) is -2.06. The average Bonchev–Trinajstić information content (AvgIpc) is 2.16. The van der Waals surface area contributed by atoms with Gasteiger partial charge in [-0.25, -0.2) is 0 Å². The molecule has 0 unspecified atom stereocenters. The Labute approximate surface area is 91.9 Å². The van der Waals surface area contributed by atoms with Crippen LogP contribution in [-0.4, -0.2) is 5.11 Å². The van der Waals surface area contributed by atoms with Crippen LogP contribution in [-0.2, 0) is 11.8 Å². The number of alkyl halides is 3. The van der Waals surface area contributed by atoms with Crippen molar-refractivity contribution >= 4 is 0 Å². The van der Waals surface area contributed by atoms with Crippen molar-refractivity contribution in [3.63, 3.8) is 0 Å². The van der Waals surface area contributed by atoms with Crippen LogP contribution >= 0.6 is 0 Å². The van der Waals surface area contributed by atoms with Crippen LogP contribution in [0.15, 0.2) is 24.3 Å². The summed E-state index contributed by atoms with van der Waals surface area (Å²) in [6.07, 6.45) is 0.596. The highest BCUT2D eigenvalue weighted by Gasteiger charge is 2.32. The minimum atomic E-state index is -4.41. The Kier molecular flexibility index (Phi) is 3.30. The van der Waals surface area contributed by atoms with Crippen LogP contribution in [0.3, 0.4) is 0 Å². The maximum absolute atomic E-state index is 12.4. The van der Waals surface area contributed by atoms with Crippen LogP contribution in [0.5, 0.6) is 0 Å². The number of hydrogen-bond acceptors (Lipinski definition) is 1. The van der Waals surface area contributed by atoms with Crippen LogP contribution in [0.25, 0.3) is 0 Å². The lowest BCUT2D eigenvalue weighted by molar-refractivity contribution is -0.137. The van der Waals surface area contributed by atoms with Gasteiger partial charge < -0.3 is 5.11 Å². The summed E-state index contributed by atoms with van der Waals surface area (Å²) < 4.78 is 37.3. The van der Waals surface area contributed by atoms with Crippen molar-refractivity contribution in [2.24, 2.45) is 0 Å². The molecule has 4 heteroatoms. The Hall–Kier alpha value is -1.47. The van der Waals surface area contributed by atoms with E-state index in [0.29, 0.717) is 0 Å². The van der Waals surface area contributed by atoms with E-state index in [4.69, 9.17) is 6.42 Å². The fraction of sp³-hybridized carbons (Fsp3) is 0.333. The summed E-state index contributed by atoms with van der Waals surface area (Å²) >= 11 is 0. The molecule has 0 fully saturated rings. The van der Waals surface area contributed by atoms with Crippen LogP contribution in [0.4, 0.5) is 13.2 Å². The van der Waals surface area contributed by atoms with Crippen molar-refractivity contribution in [3.05, 3.63) is 35.4 Å². The molecule has 0 amide bonds. The zero-order valence-corrected chi connectivity index (χ0v) is 8.67. The topological polar surface area (TPSA) is 20.2 Å². The van der Waals surface area contributed by atoms with E-state index in [1.807, 2.05) is 0 Å². The fourth-order valence-corrected chi connectivity index (χ4v) is 1.33. The normalized spacial score (nSPS) is 15.2. The molecule has 86 valence electrons. The number of terminal acetylenes is 1. The molecule has 0 radical (unpaired) electrons. The molecule has 1 aromatic carbocycles. The minimum Gasteiger partial charge on any atom is -0.384 e. The van der Waals surface area contributed by atoms with Gasteiger partial charge >= 0.3 is 6.18 Å². The molecule has 16 heavy (non-hydrogen) atoms. The highest BCUT2D eigenvalue weighted by atomic mass is 19.4. The molecule has 1 atom stereocenters. The third-order valence-corrected chi connectivity index (χ3v) is 2.26. The zero-order valence-electron chi connectivity index (χ0n) is 8.67. The summed E-state index contributed by atoms with van der Waals surface area (Å²) in [5.74, 6) is 2.23. The van der Waals surface area contributed by atoms with Gasteiger partial charge in [-0.3, -0.25) is 0 Å². The lowest BCUT2D eigenvalue weighted by Gasteiger charge is -2.22. The highest BCUT2D eigenvalue weighted by molar-refractivity contribution is 5.30. The molecule has 0 aliphatic carbocycles. The van der Waals surface area contributed by atoms with Gasteiger partial charge in [0.25, 0.3) is 0 Å². The Morgan fingerprint density at radius 2 is 1.88 bits per heavy atom. The first-order chi connectivity index (χ1) is 7.27. The molecule has 0 heterocycles. The summed E-state index contributed by atoms with van der Waals surface area (Å²) in [6.45, 7) is 1.39. The third kappa shape index (κ3) is 2.77. The van der Waals surface area contributed by atoms with Crippen LogP contribution in [0.1, 0.15) is 24.5 Å². The van der Waals surface area contributed by atoms with E-state index in [1.54, 1.807) is 0 Å². The smallest absolute Gasteiger partial charge is 0.384 e. The fourth-order valence-electron chi connectivity index (χ4n) is 1.33. The molecule has 0 bridgehead atoms. The van der Waals surface area contributed by atoms with Crippen molar-refractivity contribution in [1.82, 2.24) is 0 Å². The van der Waals surface area contributed by atoms with Gasteiger partial charge in [0.05, 0.1) is 11.2 Å². The minimum absolute atomic E-state index is 0.0334. The Morgan fingerprint density at radius 1 is 1.31 bits per heavy atom. The SMILES string of the molecule is C#CC[C@@](C)(O)c1cccc(C(F)(F)F)c1. The first-order valence-corrected chi connectivity index (χ1v) is 4.61. The maximum Gasteiger partial charge on any atom is 0.416 e. The molecule has 1 aromatic rings. The van der Waals surface area contributed by atoms with Gasteiger partial charge in [0.15, 0.2) is 0 Å². The highest BCUT2D eigenvalue weighted by Crippen LogP contribution is 2.32. The predicted octanol–water partition coefficient (Wildman–Crippen LogP) is 2.94. The summed E-state index contributed by atoms with van der Waals surface area (Å²) in [5, 5.41) is 9.87. The molecule has 0 aromatic heterocycles. The molecular weight excluding hydrogens is 217 g/mol. The van der Waals surface area contributed by atoms with Gasteiger partial charge in [0.1, 0.15) is 0 Å². The van der Waals surface area contributed by atoms with Crippen LogP contribution in [0, 0.1) is 12.3 Å². The van der Waals surface area contributed by atoms with E-state index in [2.05, 4.69) is 5.92 Å². The van der Waals surface area contributed by atoms with E-state index in [9.17, 15) is 18.3 Å². The largest absolute Gasteiger partial charge is 0.416 e. The first kappa shape index (κ1) is 12.6. The van der Waals surface area contributed by atoms with E-state index >= 15 is 0 Å². The summed E-state index contributed by atoms with van der Waals surface area (Å²) in [6, 6.07) is 4.54. The van der Waals surface area contributed by atoms with Crippen molar-refractivity contribution in [2.75, 3.05) is 0 Å². The van der Waals surface area contributed by atoms with Gasteiger partial charge in [0.2, 0.25) is 0 Å². The standard InChI is InChI=1S/C12H11F3O/c1-3-7-11(2,16)9-5-4-6-10(8-9)12(13,14)15/h1,4-6,8,16H,7H2,2H3/t11-/m1/s1. The lowest BCUT2D eigenvalue weighted by atomic mass is 9.91. The second kappa shape index (κ2) is 4.18. The number of benzene rings is 1. The van der Waals surface area contributed by atoms with Crippen LogP contribution < -0.4 is 0 Å². The predicted molar refractivity (Wildman–Crippen MR) is 54.5 cm³/mol. The third-order valence-electron chi connectivity index (χ3n) is 2.26. The summed E-state index contributed by atoms with van der Waals surface area (Å²) in [4.78, 5) is 0. The van der Waals surface area contributed by atoms with Crippen molar-refractivity contribution < 1.29 is 18.3 Å². The Bertz CT molecular complexity index is 413. The van der Waals surface area contributed by atoms with Crippen molar-refractivity contribution in [3.8, 4) is 12.3 Å². The molecule has 0 aliphatic heterocycles. The van der Waals surface area contributed by atoms with Gasteiger partial charge in [-0.05, 0) is 24.6 Å². The molecule has 1 nitrogen and oxygen atoms in total.